The normalized spacial score (nSPS) is 12.4. The number of hydrogen-bond donors (Lipinski definition) is 0. The minimum Gasteiger partial charge on any atom is -0.382 e. The van der Waals surface area contributed by atoms with Gasteiger partial charge >= 0.3 is 0 Å². The molecule has 0 saturated carbocycles. The number of methoxy groups -OCH3 is 1. The minimum absolute atomic E-state index is 0.155. The number of hydrogen-bond acceptors (Lipinski definition) is 2. The Balaban J connectivity index is 2.44. The molecule has 0 bridgehead atoms. The third-order valence-electron chi connectivity index (χ3n) is 2.28. The first-order chi connectivity index (χ1) is 6.74. The first-order valence-electron chi connectivity index (χ1n) is 4.85. The molecule has 0 amide bonds. The molecule has 0 N–H and O–H groups in total. The largest absolute Gasteiger partial charge is 0.382 e. The van der Waals surface area contributed by atoms with Crippen LogP contribution < -0.4 is 0 Å². The predicted molar refractivity (Wildman–Crippen MR) is 56.5 cm³/mol. The summed E-state index contributed by atoms with van der Waals surface area (Å²) in [4.78, 5) is 11.6. The number of ether oxygens (including phenoxy) is 1. The molecule has 1 rings (SSSR count). The van der Waals surface area contributed by atoms with Gasteiger partial charge in [-0.3, -0.25) is 4.79 Å². The number of carbonyl (C=O) groups is 1. The molecule has 1 atom stereocenters. The van der Waals surface area contributed by atoms with Crippen molar-refractivity contribution in [3.8, 4) is 0 Å². The predicted octanol–water partition coefficient (Wildman–Crippen LogP) is 2.68. The summed E-state index contributed by atoms with van der Waals surface area (Å²) in [5, 5.41) is 0. The maximum atomic E-state index is 11.6. The highest BCUT2D eigenvalue weighted by Gasteiger charge is 2.07. The van der Waals surface area contributed by atoms with Crippen LogP contribution in [0, 0.1) is 0 Å². The molecular weight excluding hydrogens is 176 g/mol. The van der Waals surface area contributed by atoms with Gasteiger partial charge in [0.2, 0.25) is 0 Å². The fourth-order valence-corrected chi connectivity index (χ4v) is 1.22. The third kappa shape index (κ3) is 3.30. The van der Waals surface area contributed by atoms with Gasteiger partial charge in [0.25, 0.3) is 0 Å². The summed E-state index contributed by atoms with van der Waals surface area (Å²) in [6.07, 6.45) is 1.49. The Bertz CT molecular complexity index is 280. The Morgan fingerprint density at radius 1 is 1.36 bits per heavy atom. The van der Waals surface area contributed by atoms with Gasteiger partial charge in [0, 0.05) is 19.1 Å². The molecule has 0 aliphatic carbocycles. The molecule has 0 aliphatic rings. The number of benzene rings is 1. The van der Waals surface area contributed by atoms with E-state index < -0.39 is 0 Å². The van der Waals surface area contributed by atoms with E-state index in [4.69, 9.17) is 4.74 Å². The van der Waals surface area contributed by atoms with Gasteiger partial charge in [-0.15, -0.1) is 0 Å². The highest BCUT2D eigenvalue weighted by Crippen LogP contribution is 2.07. The van der Waals surface area contributed by atoms with E-state index >= 15 is 0 Å². The molecule has 0 spiro atoms. The van der Waals surface area contributed by atoms with Gasteiger partial charge in [-0.25, -0.2) is 0 Å². The van der Waals surface area contributed by atoms with Gasteiger partial charge in [0.1, 0.15) is 0 Å². The van der Waals surface area contributed by atoms with Gasteiger partial charge in [0.05, 0.1) is 6.10 Å². The van der Waals surface area contributed by atoms with Crippen LogP contribution in [0.1, 0.15) is 30.1 Å². The maximum Gasteiger partial charge on any atom is 0.162 e. The number of Topliss-reactive ketones (excluding diaryl/α,β-unsaturated/α-hetero) is 1. The van der Waals surface area contributed by atoms with Crippen molar-refractivity contribution in [2.75, 3.05) is 7.11 Å². The van der Waals surface area contributed by atoms with Crippen molar-refractivity contribution in [1.29, 1.82) is 0 Å². The molecule has 0 heterocycles. The van der Waals surface area contributed by atoms with E-state index in [1.807, 2.05) is 37.3 Å². The summed E-state index contributed by atoms with van der Waals surface area (Å²) in [5.74, 6) is 0.189. The Morgan fingerprint density at radius 3 is 2.57 bits per heavy atom. The van der Waals surface area contributed by atoms with Crippen LogP contribution in [0.3, 0.4) is 0 Å². The van der Waals surface area contributed by atoms with Crippen LogP contribution in [0.4, 0.5) is 0 Å². The summed E-state index contributed by atoms with van der Waals surface area (Å²) < 4.78 is 5.08. The van der Waals surface area contributed by atoms with Gasteiger partial charge < -0.3 is 4.74 Å². The van der Waals surface area contributed by atoms with Crippen LogP contribution in [-0.2, 0) is 4.74 Å². The van der Waals surface area contributed by atoms with Crippen molar-refractivity contribution in [3.63, 3.8) is 0 Å². The number of rotatable bonds is 5. The second-order valence-corrected chi connectivity index (χ2v) is 3.37. The van der Waals surface area contributed by atoms with Crippen molar-refractivity contribution in [2.45, 2.75) is 25.9 Å². The van der Waals surface area contributed by atoms with E-state index in [1.165, 1.54) is 0 Å². The zero-order chi connectivity index (χ0) is 10.4. The van der Waals surface area contributed by atoms with Gasteiger partial charge in [-0.05, 0) is 13.3 Å². The highest BCUT2D eigenvalue weighted by molar-refractivity contribution is 5.95. The zero-order valence-corrected chi connectivity index (χ0v) is 8.69. The van der Waals surface area contributed by atoms with Gasteiger partial charge in [-0.1, -0.05) is 30.3 Å². The first-order valence-corrected chi connectivity index (χ1v) is 4.85. The Kier molecular flexibility index (Phi) is 4.33. The minimum atomic E-state index is 0.155. The second kappa shape index (κ2) is 5.55. The standard InChI is InChI=1S/C12H16O2/c1-10(14-2)8-9-12(13)11-6-4-3-5-7-11/h3-7,10H,8-9H2,1-2H3/t10-/m0/s1. The quantitative estimate of drug-likeness (QED) is 0.670. The van der Waals surface area contributed by atoms with Crippen molar-refractivity contribution in [1.82, 2.24) is 0 Å². The van der Waals surface area contributed by atoms with Crippen LogP contribution in [-0.4, -0.2) is 19.0 Å². The highest BCUT2D eigenvalue weighted by atomic mass is 16.5. The van der Waals surface area contributed by atoms with Crippen molar-refractivity contribution in [2.24, 2.45) is 0 Å². The average molecular weight is 192 g/mol. The fraction of sp³-hybridized carbons (Fsp3) is 0.417. The molecule has 76 valence electrons. The molecular formula is C12H16O2. The van der Waals surface area contributed by atoms with Crippen LogP contribution in [0.5, 0.6) is 0 Å². The monoisotopic (exact) mass is 192 g/mol. The van der Waals surface area contributed by atoms with Crippen LogP contribution >= 0.6 is 0 Å². The molecule has 0 fully saturated rings. The average Bonchev–Trinajstić information content (AvgIpc) is 2.26. The molecule has 0 unspecified atom stereocenters. The summed E-state index contributed by atoms with van der Waals surface area (Å²) in [7, 11) is 1.66. The van der Waals surface area contributed by atoms with Crippen LogP contribution in [0.15, 0.2) is 30.3 Å². The fourth-order valence-electron chi connectivity index (χ4n) is 1.22. The molecule has 2 heteroatoms. The lowest BCUT2D eigenvalue weighted by atomic mass is 10.1. The van der Waals surface area contributed by atoms with Crippen LogP contribution in [0.25, 0.3) is 0 Å². The lowest BCUT2D eigenvalue weighted by Crippen LogP contribution is -2.08. The van der Waals surface area contributed by atoms with E-state index in [9.17, 15) is 4.79 Å². The summed E-state index contributed by atoms with van der Waals surface area (Å²) in [6, 6.07) is 9.37. The second-order valence-electron chi connectivity index (χ2n) is 3.37. The van der Waals surface area contributed by atoms with Crippen LogP contribution in [0.2, 0.25) is 0 Å². The van der Waals surface area contributed by atoms with Gasteiger partial charge in [0.15, 0.2) is 5.78 Å². The molecule has 0 aromatic heterocycles. The van der Waals surface area contributed by atoms with Gasteiger partial charge in [-0.2, -0.15) is 0 Å². The lowest BCUT2D eigenvalue weighted by Gasteiger charge is -2.07. The molecule has 0 radical (unpaired) electrons. The van der Waals surface area contributed by atoms with E-state index in [0.717, 1.165) is 12.0 Å². The summed E-state index contributed by atoms with van der Waals surface area (Å²) in [6.45, 7) is 1.97. The van der Waals surface area contributed by atoms with E-state index in [1.54, 1.807) is 7.11 Å². The van der Waals surface area contributed by atoms with E-state index in [2.05, 4.69) is 0 Å². The molecule has 0 saturated heterocycles. The zero-order valence-electron chi connectivity index (χ0n) is 8.69. The summed E-state index contributed by atoms with van der Waals surface area (Å²) in [5.41, 5.74) is 0.788. The van der Waals surface area contributed by atoms with Crippen molar-refractivity contribution >= 4 is 5.78 Å². The molecule has 1 aromatic rings. The number of carbonyl (C=O) groups excluding carboxylic acids is 1. The number of ketones is 1. The first kappa shape index (κ1) is 10.9. The molecule has 14 heavy (non-hydrogen) atoms. The Labute approximate surface area is 84.9 Å². The third-order valence-corrected chi connectivity index (χ3v) is 2.28. The topological polar surface area (TPSA) is 26.3 Å². The smallest absolute Gasteiger partial charge is 0.162 e. The Hall–Kier alpha value is -1.15. The Morgan fingerprint density at radius 2 is 2.00 bits per heavy atom. The van der Waals surface area contributed by atoms with Crippen molar-refractivity contribution < 1.29 is 9.53 Å². The molecule has 2 nitrogen and oxygen atoms in total. The van der Waals surface area contributed by atoms with Crippen molar-refractivity contribution in [3.05, 3.63) is 35.9 Å². The SMILES string of the molecule is CO[C@@H](C)CCC(=O)c1ccccc1. The van der Waals surface area contributed by atoms with E-state index in [-0.39, 0.29) is 11.9 Å². The molecule has 0 aliphatic heterocycles. The molecule has 1 aromatic carbocycles. The summed E-state index contributed by atoms with van der Waals surface area (Å²) >= 11 is 0. The lowest BCUT2D eigenvalue weighted by molar-refractivity contribution is 0.0878. The maximum absolute atomic E-state index is 11.6. The van der Waals surface area contributed by atoms with E-state index in [0.29, 0.717) is 6.42 Å².